The van der Waals surface area contributed by atoms with Crippen molar-refractivity contribution < 1.29 is 37.0 Å². The summed E-state index contributed by atoms with van der Waals surface area (Å²) in [7, 11) is 1.68. The second-order valence-corrected chi connectivity index (χ2v) is 12.4. The molecular formula is C34H37F3N2O5. The maximum absolute atomic E-state index is 13.3. The number of fused-ring (bicyclic) bond motifs is 1. The van der Waals surface area contributed by atoms with Crippen LogP contribution in [0.3, 0.4) is 0 Å². The van der Waals surface area contributed by atoms with E-state index in [2.05, 4.69) is 16.7 Å². The Morgan fingerprint density at radius 3 is 2.39 bits per heavy atom. The Morgan fingerprint density at radius 1 is 1.02 bits per heavy atom. The topological polar surface area (TPSA) is 76.2 Å². The number of hydrogen-bond donors (Lipinski definition) is 0. The quantitative estimate of drug-likeness (QED) is 0.250. The van der Waals surface area contributed by atoms with Gasteiger partial charge in [-0.3, -0.25) is 19.3 Å². The smallest absolute Gasteiger partial charge is 0.416 e. The number of carbonyl (C=O) groups is 3. The molecule has 2 aliphatic carbocycles. The Balaban J connectivity index is 1.45. The van der Waals surface area contributed by atoms with Crippen molar-refractivity contribution in [3.8, 4) is 17.6 Å². The average Bonchev–Trinajstić information content (AvgIpc) is 3.78. The minimum absolute atomic E-state index is 0.250. The number of nitrogens with zero attached hydrogens (tertiary/aromatic N) is 2. The Morgan fingerprint density at radius 2 is 1.75 bits per heavy atom. The number of likely N-dealkylation sites (tertiary alicyclic amines) is 1. The first kappa shape index (κ1) is 31.6. The van der Waals surface area contributed by atoms with E-state index in [0.717, 1.165) is 30.8 Å². The van der Waals surface area contributed by atoms with Gasteiger partial charge in [0.2, 0.25) is 0 Å². The van der Waals surface area contributed by atoms with E-state index in [4.69, 9.17) is 9.47 Å². The number of rotatable bonds is 6. The number of ether oxygens (including phenoxy) is 2. The van der Waals surface area contributed by atoms with Crippen LogP contribution in [0, 0.1) is 17.8 Å². The second-order valence-electron chi connectivity index (χ2n) is 12.4. The molecule has 1 aliphatic heterocycles. The zero-order valence-electron chi connectivity index (χ0n) is 25.2. The molecular weight excluding hydrogens is 573 g/mol. The lowest BCUT2D eigenvalue weighted by molar-refractivity contribution is -0.190. The highest BCUT2D eigenvalue weighted by molar-refractivity contribution is 5.94. The molecule has 1 amide bonds. The Kier molecular flexibility index (Phi) is 8.81. The number of carbonyl (C=O) groups excluding carboxylic acids is 3. The van der Waals surface area contributed by atoms with Gasteiger partial charge in [0.05, 0.1) is 5.56 Å². The van der Waals surface area contributed by atoms with E-state index in [1.807, 2.05) is 18.2 Å². The number of alkyl halides is 3. The fourth-order valence-corrected chi connectivity index (χ4v) is 6.96. The molecule has 0 unspecified atom stereocenters. The van der Waals surface area contributed by atoms with Crippen LogP contribution in [-0.2, 0) is 30.7 Å². The molecule has 10 heteroatoms. The molecule has 0 spiro atoms. The fourth-order valence-electron chi connectivity index (χ4n) is 6.96. The fraction of sp³-hybridized carbons (Fsp3) is 0.500. The summed E-state index contributed by atoms with van der Waals surface area (Å²) in [4.78, 5) is 41.7. The number of piperidine rings is 1. The number of esters is 2. The molecule has 234 valence electrons. The molecule has 0 radical (unpaired) electrons. The van der Waals surface area contributed by atoms with Crippen LogP contribution in [0.5, 0.6) is 5.75 Å². The molecule has 0 aromatic heterocycles. The van der Waals surface area contributed by atoms with Gasteiger partial charge in [-0.05, 0) is 92.9 Å². The molecule has 1 saturated heterocycles. The molecule has 3 aliphatic rings. The summed E-state index contributed by atoms with van der Waals surface area (Å²) in [6, 6.07) is 11.5. The van der Waals surface area contributed by atoms with Crippen LogP contribution in [0.4, 0.5) is 13.2 Å². The van der Waals surface area contributed by atoms with E-state index in [-0.39, 0.29) is 12.0 Å². The molecule has 44 heavy (non-hydrogen) atoms. The maximum atomic E-state index is 13.3. The lowest BCUT2D eigenvalue weighted by atomic mass is 9.55. The molecule has 0 N–H and O–H groups in total. The first-order valence-corrected chi connectivity index (χ1v) is 15.0. The summed E-state index contributed by atoms with van der Waals surface area (Å²) in [5, 5.41) is 0. The van der Waals surface area contributed by atoms with Crippen molar-refractivity contribution in [1.82, 2.24) is 9.80 Å². The van der Waals surface area contributed by atoms with E-state index < -0.39 is 34.6 Å². The van der Waals surface area contributed by atoms with Crippen LogP contribution >= 0.6 is 0 Å². The van der Waals surface area contributed by atoms with Gasteiger partial charge < -0.3 is 14.4 Å². The summed E-state index contributed by atoms with van der Waals surface area (Å²) in [5.41, 5.74) is -1.12. The van der Waals surface area contributed by atoms with E-state index in [1.165, 1.54) is 38.8 Å². The molecule has 1 heterocycles. The molecule has 7 nitrogen and oxygen atoms in total. The highest BCUT2D eigenvalue weighted by Crippen LogP contribution is 2.55. The predicted octanol–water partition coefficient (Wildman–Crippen LogP) is 5.35. The molecule has 2 aromatic carbocycles. The zero-order chi connectivity index (χ0) is 31.7. The van der Waals surface area contributed by atoms with Crippen molar-refractivity contribution >= 4 is 17.8 Å². The van der Waals surface area contributed by atoms with Gasteiger partial charge >= 0.3 is 18.1 Å². The van der Waals surface area contributed by atoms with Crippen molar-refractivity contribution in [1.29, 1.82) is 0 Å². The molecule has 0 bridgehead atoms. The van der Waals surface area contributed by atoms with Crippen molar-refractivity contribution in [2.75, 3.05) is 26.7 Å². The SMILES string of the molecule is CC(=O)Oc1cccc([C@@]23CCN(CC4CC4)C[C@@]2(OC(C)=O)CC[C@@H](N(C)C(=O)C#Cc2ccc(C(F)(F)F)cc2)C3)c1. The number of hydrogen-bond acceptors (Lipinski definition) is 6. The van der Waals surface area contributed by atoms with E-state index in [1.54, 1.807) is 18.0 Å². The first-order chi connectivity index (χ1) is 20.8. The molecule has 3 atom stereocenters. The van der Waals surface area contributed by atoms with Gasteiger partial charge in [0.1, 0.15) is 11.4 Å². The Hall–Kier alpha value is -3.84. The highest BCUT2D eigenvalue weighted by atomic mass is 19.4. The minimum atomic E-state index is -4.45. The normalized spacial score (nSPS) is 25.2. The highest BCUT2D eigenvalue weighted by Gasteiger charge is 2.61. The number of benzene rings is 2. The summed E-state index contributed by atoms with van der Waals surface area (Å²) >= 11 is 0. The first-order valence-electron chi connectivity index (χ1n) is 15.0. The molecule has 2 saturated carbocycles. The van der Waals surface area contributed by atoms with E-state index >= 15 is 0 Å². The van der Waals surface area contributed by atoms with Gasteiger partial charge in [-0.2, -0.15) is 13.2 Å². The third-order valence-electron chi connectivity index (χ3n) is 9.27. The molecule has 5 rings (SSSR count). The Labute approximate surface area is 255 Å². The summed E-state index contributed by atoms with van der Waals surface area (Å²) in [6.07, 6.45) is 0.203. The molecule has 3 fully saturated rings. The van der Waals surface area contributed by atoms with Gasteiger partial charge in [0.25, 0.3) is 5.91 Å². The van der Waals surface area contributed by atoms with Crippen LogP contribution in [0.1, 0.15) is 69.1 Å². The van der Waals surface area contributed by atoms with Gasteiger partial charge in [-0.1, -0.05) is 18.1 Å². The monoisotopic (exact) mass is 610 g/mol. The number of halogens is 3. The predicted molar refractivity (Wildman–Crippen MR) is 156 cm³/mol. The lowest BCUT2D eigenvalue weighted by Gasteiger charge is -2.60. The average molecular weight is 611 g/mol. The van der Waals surface area contributed by atoms with Crippen LogP contribution in [0.15, 0.2) is 48.5 Å². The van der Waals surface area contributed by atoms with Crippen LogP contribution < -0.4 is 4.74 Å². The Bertz CT molecular complexity index is 1480. The summed E-state index contributed by atoms with van der Waals surface area (Å²) in [6.45, 7) is 5.07. The standard InChI is InChI=1S/C34H37F3N2O5/c1-23(40)43-30-6-4-5-28(19-30)32-17-18-39(21-26-7-8-26)22-33(32,44-24(2)41)16-15-29(20-32)38(3)31(42)14-11-25-9-12-27(13-10-25)34(35,36)37/h4-6,9-10,12-13,19,26,29H,7-8,15-18,20-22H2,1-3H3/t29-,32+,33+/m1/s1. The third-order valence-corrected chi connectivity index (χ3v) is 9.27. The third kappa shape index (κ3) is 6.78. The van der Waals surface area contributed by atoms with Crippen LogP contribution in [0.2, 0.25) is 0 Å². The zero-order valence-corrected chi connectivity index (χ0v) is 25.2. The summed E-state index contributed by atoms with van der Waals surface area (Å²) in [5.74, 6) is 5.08. The van der Waals surface area contributed by atoms with E-state index in [9.17, 15) is 27.6 Å². The maximum Gasteiger partial charge on any atom is 0.416 e. The lowest BCUT2D eigenvalue weighted by Crippen LogP contribution is -2.68. The van der Waals surface area contributed by atoms with Gasteiger partial charge in [0, 0.05) is 56.9 Å². The molecule has 2 aromatic rings. The van der Waals surface area contributed by atoms with Gasteiger partial charge in [0.15, 0.2) is 0 Å². The van der Waals surface area contributed by atoms with Crippen molar-refractivity contribution in [2.45, 2.75) is 75.6 Å². The van der Waals surface area contributed by atoms with Gasteiger partial charge in [-0.15, -0.1) is 0 Å². The van der Waals surface area contributed by atoms with Crippen molar-refractivity contribution in [2.24, 2.45) is 5.92 Å². The van der Waals surface area contributed by atoms with Crippen LogP contribution in [-0.4, -0.2) is 66.0 Å². The summed E-state index contributed by atoms with van der Waals surface area (Å²) < 4.78 is 50.5. The second kappa shape index (κ2) is 12.3. The van der Waals surface area contributed by atoms with E-state index in [0.29, 0.717) is 49.5 Å². The minimum Gasteiger partial charge on any atom is -0.457 e. The van der Waals surface area contributed by atoms with Crippen molar-refractivity contribution in [3.63, 3.8) is 0 Å². The van der Waals surface area contributed by atoms with Gasteiger partial charge in [-0.25, -0.2) is 0 Å². The largest absolute Gasteiger partial charge is 0.457 e. The van der Waals surface area contributed by atoms with Crippen molar-refractivity contribution in [3.05, 3.63) is 65.2 Å². The number of amides is 1. The van der Waals surface area contributed by atoms with Crippen LogP contribution in [0.25, 0.3) is 0 Å².